The second-order valence-corrected chi connectivity index (χ2v) is 7.24. The van der Waals surface area contributed by atoms with Crippen LogP contribution in [0.1, 0.15) is 30.4 Å². The normalized spacial score (nSPS) is 13.5. The third kappa shape index (κ3) is 3.46. The average Bonchev–Trinajstić information content (AvgIpc) is 3.45. The molecule has 27 heavy (non-hydrogen) atoms. The van der Waals surface area contributed by atoms with Crippen LogP contribution in [0.5, 0.6) is 0 Å². The molecule has 1 aliphatic rings. The molecule has 1 fully saturated rings. The Morgan fingerprint density at radius 1 is 1.19 bits per heavy atom. The molecule has 4 rings (SSSR count). The lowest BCUT2D eigenvalue weighted by atomic mass is 9.99. The smallest absolute Gasteiger partial charge is 0.227 e. The van der Waals surface area contributed by atoms with E-state index >= 15 is 0 Å². The van der Waals surface area contributed by atoms with Gasteiger partial charge in [-0.25, -0.2) is 0 Å². The molecule has 2 aromatic carbocycles. The van der Waals surface area contributed by atoms with E-state index < -0.39 is 0 Å². The number of nitrogens with zero attached hydrogens (tertiary/aromatic N) is 2. The van der Waals surface area contributed by atoms with Gasteiger partial charge in [-0.3, -0.25) is 4.79 Å². The summed E-state index contributed by atoms with van der Waals surface area (Å²) in [5, 5.41) is 10.0. The summed E-state index contributed by atoms with van der Waals surface area (Å²) in [6.07, 6.45) is 2.85. The molecule has 0 spiro atoms. The van der Waals surface area contributed by atoms with Crippen LogP contribution in [-0.2, 0) is 11.2 Å². The zero-order valence-corrected chi connectivity index (χ0v) is 15.5. The first kappa shape index (κ1) is 17.4. The fraction of sp³-hybridized carbons (Fsp3) is 0.304. The Hall–Kier alpha value is -3.06. The number of aromatic nitrogens is 1. The van der Waals surface area contributed by atoms with Crippen LogP contribution in [0.4, 0.5) is 0 Å². The zero-order valence-electron chi connectivity index (χ0n) is 15.5. The second kappa shape index (κ2) is 7.28. The molecule has 1 aliphatic carbocycles. The Balaban J connectivity index is 1.74. The van der Waals surface area contributed by atoms with Gasteiger partial charge in [0.15, 0.2) is 0 Å². The van der Waals surface area contributed by atoms with Crippen LogP contribution in [0.15, 0.2) is 48.5 Å². The maximum atomic E-state index is 13.1. The summed E-state index contributed by atoms with van der Waals surface area (Å²) in [7, 11) is 0. The fourth-order valence-electron chi connectivity index (χ4n) is 3.79. The number of aromatic amines is 1. The first-order valence-corrected chi connectivity index (χ1v) is 9.51. The number of carbonyl (C=O) groups excluding carboxylic acids is 1. The number of carbonyl (C=O) groups is 1. The van der Waals surface area contributed by atoms with Gasteiger partial charge < -0.3 is 9.88 Å². The Bertz CT molecular complexity index is 1020. The van der Waals surface area contributed by atoms with Crippen LogP contribution >= 0.6 is 0 Å². The second-order valence-electron chi connectivity index (χ2n) is 7.24. The van der Waals surface area contributed by atoms with Crippen LogP contribution in [0.2, 0.25) is 0 Å². The first-order valence-electron chi connectivity index (χ1n) is 9.51. The lowest BCUT2D eigenvalue weighted by Crippen LogP contribution is -2.35. The Morgan fingerprint density at radius 2 is 1.93 bits per heavy atom. The van der Waals surface area contributed by atoms with E-state index in [1.165, 1.54) is 5.56 Å². The minimum atomic E-state index is 0.118. The molecule has 0 radical (unpaired) electrons. The van der Waals surface area contributed by atoms with Crippen molar-refractivity contribution in [2.24, 2.45) is 0 Å². The van der Waals surface area contributed by atoms with Gasteiger partial charge in [-0.15, -0.1) is 0 Å². The summed E-state index contributed by atoms with van der Waals surface area (Å²) >= 11 is 0. The van der Waals surface area contributed by atoms with E-state index in [9.17, 15) is 4.79 Å². The number of benzene rings is 2. The van der Waals surface area contributed by atoms with Gasteiger partial charge in [-0.2, -0.15) is 5.26 Å². The lowest BCUT2D eigenvalue weighted by molar-refractivity contribution is -0.130. The van der Waals surface area contributed by atoms with Crippen molar-refractivity contribution in [3.63, 3.8) is 0 Å². The van der Waals surface area contributed by atoms with Crippen LogP contribution in [-0.4, -0.2) is 28.4 Å². The molecule has 1 amide bonds. The number of hydrogen-bond acceptors (Lipinski definition) is 2. The Labute approximate surface area is 159 Å². The number of rotatable bonds is 6. The zero-order chi connectivity index (χ0) is 18.8. The molecule has 0 atom stereocenters. The minimum Gasteiger partial charge on any atom is -0.354 e. The van der Waals surface area contributed by atoms with Crippen molar-refractivity contribution in [3.8, 4) is 17.3 Å². The fourth-order valence-corrected chi connectivity index (χ4v) is 3.79. The molecular formula is C23H23N3O. The highest BCUT2D eigenvalue weighted by atomic mass is 16.2. The predicted octanol–water partition coefficient (Wildman–Crippen LogP) is 4.59. The van der Waals surface area contributed by atoms with E-state index in [0.717, 1.165) is 40.6 Å². The summed E-state index contributed by atoms with van der Waals surface area (Å²) in [4.78, 5) is 18.6. The summed E-state index contributed by atoms with van der Waals surface area (Å²) in [6, 6.07) is 18.9. The third-order valence-electron chi connectivity index (χ3n) is 5.33. The van der Waals surface area contributed by atoms with E-state index in [1.54, 1.807) is 0 Å². The summed E-state index contributed by atoms with van der Waals surface area (Å²) in [5.41, 5.74) is 5.44. The number of para-hydroxylation sites is 1. The van der Waals surface area contributed by atoms with Crippen LogP contribution in [0, 0.1) is 18.3 Å². The van der Waals surface area contributed by atoms with Gasteiger partial charge in [0, 0.05) is 29.1 Å². The van der Waals surface area contributed by atoms with Gasteiger partial charge in [0.2, 0.25) is 5.91 Å². The summed E-state index contributed by atoms with van der Waals surface area (Å²) in [6.45, 7) is 2.62. The number of fused-ring (bicyclic) bond motifs is 1. The van der Waals surface area contributed by atoms with Gasteiger partial charge in [0.05, 0.1) is 24.6 Å². The quantitative estimate of drug-likeness (QED) is 0.701. The van der Waals surface area contributed by atoms with Crippen molar-refractivity contribution < 1.29 is 4.79 Å². The van der Waals surface area contributed by atoms with Crippen molar-refractivity contribution in [2.75, 3.05) is 6.54 Å². The Morgan fingerprint density at radius 3 is 2.67 bits per heavy atom. The molecule has 1 N–H and O–H groups in total. The third-order valence-corrected chi connectivity index (χ3v) is 5.33. The van der Waals surface area contributed by atoms with Gasteiger partial charge in [0.1, 0.15) is 0 Å². The predicted molar refractivity (Wildman–Crippen MR) is 107 cm³/mol. The topological polar surface area (TPSA) is 59.9 Å². The van der Waals surface area contributed by atoms with Crippen molar-refractivity contribution in [3.05, 3.63) is 59.7 Å². The molecule has 4 nitrogen and oxygen atoms in total. The standard InChI is InChI=1S/C23H23N3O/c1-16-7-2-3-8-18(16)23-20(19-9-4-5-10-21(19)25-23)15-22(27)26(14-6-13-24)17-11-12-17/h2-5,7-10,17,25H,6,11-12,14-15H2,1H3. The summed E-state index contributed by atoms with van der Waals surface area (Å²) in [5.74, 6) is 0.118. The monoisotopic (exact) mass is 357 g/mol. The molecule has 136 valence electrons. The molecule has 1 saturated carbocycles. The highest BCUT2D eigenvalue weighted by molar-refractivity contribution is 5.95. The van der Waals surface area contributed by atoms with Crippen molar-refractivity contribution >= 4 is 16.8 Å². The first-order chi connectivity index (χ1) is 13.2. The molecule has 3 aromatic rings. The van der Waals surface area contributed by atoms with Gasteiger partial charge >= 0.3 is 0 Å². The number of aryl methyl sites for hydroxylation is 1. The highest BCUT2D eigenvalue weighted by Gasteiger charge is 2.32. The molecule has 4 heteroatoms. The number of amides is 1. The maximum Gasteiger partial charge on any atom is 0.227 e. The van der Waals surface area contributed by atoms with E-state index in [-0.39, 0.29) is 5.91 Å². The lowest BCUT2D eigenvalue weighted by Gasteiger charge is -2.21. The van der Waals surface area contributed by atoms with E-state index in [0.29, 0.717) is 25.4 Å². The molecule has 1 heterocycles. The van der Waals surface area contributed by atoms with Gasteiger partial charge in [-0.1, -0.05) is 42.5 Å². The van der Waals surface area contributed by atoms with Crippen LogP contribution in [0.3, 0.4) is 0 Å². The minimum absolute atomic E-state index is 0.118. The van der Waals surface area contributed by atoms with Crippen molar-refractivity contribution in [2.45, 2.75) is 38.6 Å². The number of nitrogens with one attached hydrogen (secondary N) is 1. The SMILES string of the molecule is Cc1ccccc1-c1[nH]c2ccccc2c1CC(=O)N(CCC#N)C1CC1. The van der Waals surface area contributed by atoms with Crippen LogP contribution in [0.25, 0.3) is 22.2 Å². The van der Waals surface area contributed by atoms with E-state index in [1.807, 2.05) is 29.2 Å². The van der Waals surface area contributed by atoms with Crippen molar-refractivity contribution in [1.82, 2.24) is 9.88 Å². The molecule has 0 saturated heterocycles. The average molecular weight is 357 g/mol. The summed E-state index contributed by atoms with van der Waals surface area (Å²) < 4.78 is 0. The van der Waals surface area contributed by atoms with E-state index in [2.05, 4.69) is 42.2 Å². The largest absolute Gasteiger partial charge is 0.354 e. The number of H-pyrrole nitrogens is 1. The molecular weight excluding hydrogens is 334 g/mol. The molecule has 0 bridgehead atoms. The van der Waals surface area contributed by atoms with Crippen LogP contribution < -0.4 is 0 Å². The van der Waals surface area contributed by atoms with E-state index in [4.69, 9.17) is 5.26 Å². The molecule has 1 aromatic heterocycles. The number of nitriles is 1. The highest BCUT2D eigenvalue weighted by Crippen LogP contribution is 2.34. The Kier molecular flexibility index (Phi) is 4.68. The molecule has 0 unspecified atom stereocenters. The van der Waals surface area contributed by atoms with Gasteiger partial charge in [-0.05, 0) is 37.0 Å². The number of hydrogen-bond donors (Lipinski definition) is 1. The molecule has 0 aliphatic heterocycles. The van der Waals surface area contributed by atoms with Gasteiger partial charge in [0.25, 0.3) is 0 Å². The van der Waals surface area contributed by atoms with Crippen molar-refractivity contribution in [1.29, 1.82) is 5.26 Å². The maximum absolute atomic E-state index is 13.1.